The molecule has 1 unspecified atom stereocenters. The number of aryl methyl sites for hydroxylation is 1. The molecule has 1 aromatic rings. The third kappa shape index (κ3) is 4.59. The van der Waals surface area contributed by atoms with Gasteiger partial charge in [-0.3, -0.25) is 0 Å². The Morgan fingerprint density at radius 2 is 2.06 bits per heavy atom. The van der Waals surface area contributed by atoms with E-state index >= 15 is 0 Å². The van der Waals surface area contributed by atoms with Gasteiger partial charge in [0.25, 0.3) is 0 Å². The summed E-state index contributed by atoms with van der Waals surface area (Å²) in [5, 5.41) is 0. The molecular weight excluding hydrogens is 251 g/mol. The maximum atomic E-state index is 10.4. The van der Waals surface area contributed by atoms with E-state index in [0.29, 0.717) is 5.75 Å². The van der Waals surface area contributed by atoms with Gasteiger partial charge in [-0.15, -0.1) is 0 Å². The first-order valence-electron chi connectivity index (χ1n) is 3.98. The molecular formula is C8H13N2O4PS. The zero-order chi connectivity index (χ0) is 11.5. The lowest BCUT2D eigenvalue weighted by atomic mass is 10.2. The van der Waals surface area contributed by atoms with Crippen LogP contribution in [0.1, 0.15) is 5.56 Å². The van der Waals surface area contributed by atoms with Gasteiger partial charge >= 0.3 is 12.8 Å². The predicted molar refractivity (Wildman–Crippen MR) is 64.0 cm³/mol. The Kier molecular flexibility index (Phi) is 5.40. The van der Waals surface area contributed by atoms with Crippen molar-refractivity contribution < 1.29 is 18.7 Å². The van der Waals surface area contributed by atoms with E-state index in [9.17, 15) is 9.69 Å². The van der Waals surface area contributed by atoms with Gasteiger partial charge in [0, 0.05) is 11.8 Å². The number of benzene rings is 1. The second-order valence-electron chi connectivity index (χ2n) is 2.74. The summed E-state index contributed by atoms with van der Waals surface area (Å²) >= 11 is 4.58. The number of carbonyl (C=O) groups is 1. The molecule has 1 aromatic carbocycles. The smallest absolute Gasteiger partial charge is 0.415 e. The first kappa shape index (κ1) is 14.9. The second-order valence-corrected chi connectivity index (χ2v) is 5.42. The average Bonchev–Trinajstić information content (AvgIpc) is 2.06. The van der Waals surface area contributed by atoms with Crippen molar-refractivity contribution in [3.63, 3.8) is 0 Å². The van der Waals surface area contributed by atoms with Crippen LogP contribution in [0.3, 0.4) is 0 Å². The van der Waals surface area contributed by atoms with E-state index in [1.807, 2.05) is 0 Å². The molecule has 0 aliphatic carbocycles. The Morgan fingerprint density at radius 3 is 2.56 bits per heavy atom. The standard InChI is InChI=1S/C8H10NO4PS.H3N/c1-6-4-2-3-5-7(6)12-14(11,15)13-8(9)10;/h2-5H,1H3,(H2,9,10)(H,11,15);1H3. The molecule has 6 nitrogen and oxygen atoms in total. The van der Waals surface area contributed by atoms with Gasteiger partial charge in [-0.2, -0.15) is 0 Å². The van der Waals surface area contributed by atoms with E-state index in [2.05, 4.69) is 16.3 Å². The molecule has 90 valence electrons. The van der Waals surface area contributed by atoms with E-state index < -0.39 is 12.8 Å². The molecule has 0 aliphatic heterocycles. The number of primary amides is 1. The largest absolute Gasteiger partial charge is 0.435 e. The van der Waals surface area contributed by atoms with Crippen molar-refractivity contribution in [1.29, 1.82) is 0 Å². The zero-order valence-corrected chi connectivity index (χ0v) is 10.3. The Labute approximate surface area is 98.2 Å². The van der Waals surface area contributed by atoms with E-state index in [1.165, 1.54) is 0 Å². The number of rotatable bonds is 3. The SMILES string of the molecule is Cc1ccccc1OP(O)(=S)OC(N)=O.N. The van der Waals surface area contributed by atoms with Crippen LogP contribution in [0.25, 0.3) is 0 Å². The van der Waals surface area contributed by atoms with Crippen LogP contribution in [0, 0.1) is 6.92 Å². The van der Waals surface area contributed by atoms with Gasteiger partial charge in [-0.05, 0) is 18.6 Å². The van der Waals surface area contributed by atoms with E-state index in [1.54, 1.807) is 31.2 Å². The van der Waals surface area contributed by atoms with Crippen LogP contribution >= 0.6 is 6.72 Å². The van der Waals surface area contributed by atoms with Crippen molar-refractivity contribution in [1.82, 2.24) is 6.15 Å². The lowest BCUT2D eigenvalue weighted by Crippen LogP contribution is -2.13. The molecule has 0 saturated heterocycles. The summed E-state index contributed by atoms with van der Waals surface area (Å²) in [5.41, 5.74) is 5.50. The normalized spacial score (nSPS) is 13.1. The molecule has 8 heteroatoms. The number of hydrogen-bond donors (Lipinski definition) is 3. The van der Waals surface area contributed by atoms with Crippen LogP contribution in [0.4, 0.5) is 4.79 Å². The highest BCUT2D eigenvalue weighted by molar-refractivity contribution is 8.07. The molecule has 0 spiro atoms. The Balaban J connectivity index is 0.00000225. The van der Waals surface area contributed by atoms with Gasteiger partial charge in [0.15, 0.2) is 0 Å². The molecule has 1 rings (SSSR count). The number of hydrogen-bond acceptors (Lipinski definition) is 5. The third-order valence-electron chi connectivity index (χ3n) is 1.51. The molecule has 16 heavy (non-hydrogen) atoms. The van der Waals surface area contributed by atoms with Crippen molar-refractivity contribution in [2.24, 2.45) is 5.73 Å². The minimum atomic E-state index is -3.64. The fourth-order valence-electron chi connectivity index (χ4n) is 0.915. The second kappa shape index (κ2) is 5.81. The molecule has 0 heterocycles. The molecule has 0 aromatic heterocycles. The van der Waals surface area contributed by atoms with Crippen LogP contribution in [0.15, 0.2) is 24.3 Å². The van der Waals surface area contributed by atoms with Crippen LogP contribution in [0.2, 0.25) is 0 Å². The molecule has 0 bridgehead atoms. The van der Waals surface area contributed by atoms with Gasteiger partial charge < -0.3 is 25.8 Å². The van der Waals surface area contributed by atoms with Crippen molar-refractivity contribution in [2.75, 3.05) is 0 Å². The minimum Gasteiger partial charge on any atom is -0.415 e. The molecule has 0 radical (unpaired) electrons. The van der Waals surface area contributed by atoms with Gasteiger partial charge in [-0.1, -0.05) is 18.2 Å². The highest BCUT2D eigenvalue weighted by Crippen LogP contribution is 2.44. The number of nitrogens with two attached hydrogens (primary N) is 1. The maximum Gasteiger partial charge on any atom is 0.435 e. The van der Waals surface area contributed by atoms with E-state index in [0.717, 1.165) is 5.56 Å². The summed E-state index contributed by atoms with van der Waals surface area (Å²) in [7, 11) is 0. The molecule has 6 N–H and O–H groups in total. The minimum absolute atomic E-state index is 0. The van der Waals surface area contributed by atoms with E-state index in [-0.39, 0.29) is 6.15 Å². The Hall–Kier alpha value is -1.14. The summed E-state index contributed by atoms with van der Waals surface area (Å²) in [4.78, 5) is 19.9. The number of amides is 1. The molecule has 0 fully saturated rings. The number of para-hydroxylation sites is 1. The quantitative estimate of drug-likeness (QED) is 0.717. The van der Waals surface area contributed by atoms with Gasteiger partial charge in [-0.25, -0.2) is 4.79 Å². The highest BCUT2D eigenvalue weighted by Gasteiger charge is 2.21. The average molecular weight is 264 g/mol. The van der Waals surface area contributed by atoms with Crippen molar-refractivity contribution in [3.8, 4) is 5.75 Å². The van der Waals surface area contributed by atoms with Gasteiger partial charge in [0.2, 0.25) is 0 Å². The topological polar surface area (TPSA) is 117 Å². The maximum absolute atomic E-state index is 10.4. The Morgan fingerprint density at radius 1 is 1.50 bits per heavy atom. The lowest BCUT2D eigenvalue weighted by Gasteiger charge is -2.15. The summed E-state index contributed by atoms with van der Waals surface area (Å²) in [6, 6.07) is 6.89. The lowest BCUT2D eigenvalue weighted by molar-refractivity contribution is 0.202. The predicted octanol–water partition coefficient (Wildman–Crippen LogP) is 1.85. The molecule has 0 aliphatic rings. The molecule has 1 amide bonds. The van der Waals surface area contributed by atoms with Crippen molar-refractivity contribution in [2.45, 2.75) is 6.92 Å². The van der Waals surface area contributed by atoms with Crippen molar-refractivity contribution >= 4 is 24.6 Å². The fourth-order valence-corrected chi connectivity index (χ4v) is 2.09. The van der Waals surface area contributed by atoms with Crippen LogP contribution in [0.5, 0.6) is 5.75 Å². The summed E-state index contributed by atoms with van der Waals surface area (Å²) in [5.74, 6) is 0.365. The monoisotopic (exact) mass is 264 g/mol. The summed E-state index contributed by atoms with van der Waals surface area (Å²) in [6.45, 7) is -1.87. The first-order chi connectivity index (χ1) is 6.91. The Bertz CT molecular complexity index is 426. The summed E-state index contributed by atoms with van der Waals surface area (Å²) < 4.78 is 9.30. The van der Waals surface area contributed by atoms with Gasteiger partial charge in [0.1, 0.15) is 5.75 Å². The van der Waals surface area contributed by atoms with Crippen LogP contribution in [-0.4, -0.2) is 11.0 Å². The third-order valence-corrected chi connectivity index (χ3v) is 2.80. The van der Waals surface area contributed by atoms with Crippen LogP contribution < -0.4 is 16.4 Å². The van der Waals surface area contributed by atoms with E-state index in [4.69, 9.17) is 10.3 Å². The first-order valence-corrected chi connectivity index (χ1v) is 6.57. The zero-order valence-electron chi connectivity index (χ0n) is 8.62. The van der Waals surface area contributed by atoms with Gasteiger partial charge in [0.05, 0.1) is 0 Å². The van der Waals surface area contributed by atoms with Crippen LogP contribution in [-0.2, 0) is 16.3 Å². The number of carbonyl (C=O) groups excluding carboxylic acids is 1. The molecule has 1 atom stereocenters. The highest BCUT2D eigenvalue weighted by atomic mass is 32.5. The fraction of sp³-hybridized carbons (Fsp3) is 0.125. The summed E-state index contributed by atoms with van der Waals surface area (Å²) in [6.07, 6.45) is -1.16. The molecule has 0 saturated carbocycles. The van der Waals surface area contributed by atoms with Crippen molar-refractivity contribution in [3.05, 3.63) is 29.8 Å².